The molecule has 0 spiro atoms. The number of carbonyl (C=O) groups excluding carboxylic acids is 2. The van der Waals surface area contributed by atoms with Crippen LogP contribution in [0.3, 0.4) is 0 Å². The van der Waals surface area contributed by atoms with Crippen molar-refractivity contribution in [2.24, 2.45) is 0 Å². The summed E-state index contributed by atoms with van der Waals surface area (Å²) < 4.78 is 8.10. The molecule has 0 atom stereocenters. The van der Waals surface area contributed by atoms with Crippen molar-refractivity contribution in [3.05, 3.63) is 12.7 Å². The maximum Gasteiger partial charge on any atom is 0.420 e. The highest BCUT2D eigenvalue weighted by molar-refractivity contribution is 6.28. The number of ether oxygens (including phenoxy) is 2. The molecule has 66 valence electrons. The van der Waals surface area contributed by atoms with E-state index in [-0.39, 0.29) is 0 Å². The van der Waals surface area contributed by atoms with Crippen LogP contribution in [0.4, 0.5) is 0 Å². The second-order valence-electron chi connectivity index (χ2n) is 1.52. The maximum absolute atomic E-state index is 10.3. The Morgan fingerprint density at radius 2 is 1.92 bits per heavy atom. The smallest absolute Gasteiger partial charge is 0.420 e. The van der Waals surface area contributed by atoms with Crippen molar-refractivity contribution < 1.29 is 29.0 Å². The average Bonchev–Trinajstić information content (AvgIpc) is 2.03. The number of esters is 2. The molecule has 0 aliphatic rings. The van der Waals surface area contributed by atoms with E-state index in [1.165, 1.54) is 0 Å². The third-order valence-electron chi connectivity index (χ3n) is 0.732. The minimum Gasteiger partial charge on any atom is -0.473 e. The second-order valence-corrected chi connectivity index (χ2v) is 1.52. The largest absolute Gasteiger partial charge is 0.473 e. The van der Waals surface area contributed by atoms with E-state index >= 15 is 0 Å². The third-order valence-corrected chi connectivity index (χ3v) is 0.732. The molecule has 0 saturated heterocycles. The molecule has 0 radical (unpaired) electrons. The van der Waals surface area contributed by atoms with Crippen LogP contribution < -0.4 is 0 Å². The fourth-order valence-corrected chi connectivity index (χ4v) is 0.262. The molecular weight excluding hydrogens is 168 g/mol. The third kappa shape index (κ3) is 4.04. The Hall–Kier alpha value is -1.85. The van der Waals surface area contributed by atoms with Gasteiger partial charge in [0.1, 0.15) is 0 Å². The number of rotatable bonds is 3. The van der Waals surface area contributed by atoms with Gasteiger partial charge in [-0.05, 0) is 0 Å². The Balaban J connectivity index is 3.57. The Bertz CT molecular complexity index is 218. The van der Waals surface area contributed by atoms with E-state index in [9.17, 15) is 14.4 Å². The number of hydrogen-bond donors (Lipinski definition) is 1. The van der Waals surface area contributed by atoms with Crippen molar-refractivity contribution in [1.29, 1.82) is 0 Å². The second kappa shape index (κ2) is 4.89. The molecule has 6 nitrogen and oxygen atoms in total. The summed E-state index contributed by atoms with van der Waals surface area (Å²) in [5.41, 5.74) is 0. The van der Waals surface area contributed by atoms with Crippen LogP contribution in [-0.4, -0.2) is 29.8 Å². The van der Waals surface area contributed by atoms with Gasteiger partial charge in [0.2, 0.25) is 6.79 Å². The van der Waals surface area contributed by atoms with Gasteiger partial charge in [0.15, 0.2) is 0 Å². The van der Waals surface area contributed by atoms with Crippen LogP contribution in [-0.2, 0) is 23.9 Å². The van der Waals surface area contributed by atoms with E-state index in [0.29, 0.717) is 0 Å². The van der Waals surface area contributed by atoms with Crippen LogP contribution in [0, 0.1) is 0 Å². The van der Waals surface area contributed by atoms with Gasteiger partial charge in [-0.1, -0.05) is 6.58 Å². The molecule has 0 unspecified atom stereocenters. The molecule has 0 aliphatic carbocycles. The summed E-state index contributed by atoms with van der Waals surface area (Å²) in [6.45, 7) is 2.34. The molecule has 0 aromatic heterocycles. The van der Waals surface area contributed by atoms with Crippen molar-refractivity contribution in [2.75, 3.05) is 6.79 Å². The van der Waals surface area contributed by atoms with Crippen LogP contribution in [0.5, 0.6) is 0 Å². The minimum atomic E-state index is -1.75. The summed E-state index contributed by atoms with van der Waals surface area (Å²) in [6, 6.07) is 0. The first kappa shape index (κ1) is 10.2. The zero-order chi connectivity index (χ0) is 9.56. The fourth-order valence-electron chi connectivity index (χ4n) is 0.262. The van der Waals surface area contributed by atoms with Gasteiger partial charge in [-0.15, -0.1) is 0 Å². The van der Waals surface area contributed by atoms with Gasteiger partial charge in [0.25, 0.3) is 0 Å². The normalized spacial score (nSPS) is 8.33. The molecule has 6 heteroatoms. The standard InChI is InChI=1S/C6H6O6/c1-2-4(7)11-3-12-6(10)5(8)9/h2H,1,3H2,(H,8,9). The number of carboxylic acids is 1. The molecule has 1 N–H and O–H groups in total. The average molecular weight is 174 g/mol. The first-order valence-corrected chi connectivity index (χ1v) is 2.77. The summed E-state index contributed by atoms with van der Waals surface area (Å²) in [5.74, 6) is -4.02. The Morgan fingerprint density at radius 3 is 2.33 bits per heavy atom. The summed E-state index contributed by atoms with van der Waals surface area (Å²) in [4.78, 5) is 30.3. The summed E-state index contributed by atoms with van der Waals surface area (Å²) >= 11 is 0. The molecule has 12 heavy (non-hydrogen) atoms. The number of aliphatic carboxylic acids is 1. The number of carbonyl (C=O) groups is 3. The molecule has 0 fully saturated rings. The summed E-state index contributed by atoms with van der Waals surface area (Å²) in [6.07, 6.45) is 0.856. The molecule has 0 amide bonds. The van der Waals surface area contributed by atoms with Crippen LogP contribution >= 0.6 is 0 Å². The van der Waals surface area contributed by atoms with Crippen LogP contribution in [0.1, 0.15) is 0 Å². The SMILES string of the molecule is C=CC(=O)OCOC(=O)C(=O)O. The van der Waals surface area contributed by atoms with Gasteiger partial charge in [0, 0.05) is 6.08 Å². The van der Waals surface area contributed by atoms with Crippen molar-refractivity contribution in [1.82, 2.24) is 0 Å². The molecule has 0 saturated carbocycles. The van der Waals surface area contributed by atoms with E-state index in [2.05, 4.69) is 16.1 Å². The summed E-state index contributed by atoms with van der Waals surface area (Å²) in [7, 11) is 0. The quantitative estimate of drug-likeness (QED) is 0.263. The molecule has 0 aromatic rings. The van der Waals surface area contributed by atoms with E-state index in [4.69, 9.17) is 5.11 Å². The minimum absolute atomic E-state index is 0.726. The van der Waals surface area contributed by atoms with Crippen molar-refractivity contribution in [3.8, 4) is 0 Å². The predicted molar refractivity (Wildman–Crippen MR) is 34.9 cm³/mol. The van der Waals surface area contributed by atoms with Crippen LogP contribution in [0.2, 0.25) is 0 Å². The van der Waals surface area contributed by atoms with Gasteiger partial charge in [0.05, 0.1) is 0 Å². The molecule has 0 aliphatic heterocycles. The van der Waals surface area contributed by atoms with Gasteiger partial charge < -0.3 is 14.6 Å². The van der Waals surface area contributed by atoms with Gasteiger partial charge in [-0.25, -0.2) is 14.4 Å². The predicted octanol–water partition coefficient (Wildman–Crippen LogP) is -0.699. The number of carboxylic acid groups (broad SMARTS) is 1. The molecule has 0 bridgehead atoms. The zero-order valence-electron chi connectivity index (χ0n) is 5.98. The number of hydrogen-bond acceptors (Lipinski definition) is 5. The van der Waals surface area contributed by atoms with Crippen molar-refractivity contribution in [2.45, 2.75) is 0 Å². The molecule has 0 heterocycles. The first-order valence-electron chi connectivity index (χ1n) is 2.77. The topological polar surface area (TPSA) is 89.9 Å². The lowest BCUT2D eigenvalue weighted by molar-refractivity contribution is -0.174. The van der Waals surface area contributed by atoms with Gasteiger partial charge in [-0.2, -0.15) is 0 Å². The van der Waals surface area contributed by atoms with Gasteiger partial charge in [-0.3, -0.25) is 0 Å². The molecule has 0 aromatic carbocycles. The Labute approximate surface area is 67.4 Å². The van der Waals surface area contributed by atoms with Gasteiger partial charge >= 0.3 is 17.9 Å². The first-order chi connectivity index (χ1) is 5.57. The van der Waals surface area contributed by atoms with E-state index in [0.717, 1.165) is 6.08 Å². The van der Waals surface area contributed by atoms with Crippen LogP contribution in [0.15, 0.2) is 12.7 Å². The van der Waals surface area contributed by atoms with E-state index in [1.807, 2.05) is 0 Å². The highest BCUT2D eigenvalue weighted by atomic mass is 16.7. The van der Waals surface area contributed by atoms with Crippen LogP contribution in [0.25, 0.3) is 0 Å². The Morgan fingerprint density at radius 1 is 1.33 bits per heavy atom. The monoisotopic (exact) mass is 174 g/mol. The van der Waals surface area contributed by atoms with Crippen molar-refractivity contribution >= 4 is 17.9 Å². The highest BCUT2D eigenvalue weighted by Gasteiger charge is 2.12. The molecule has 0 rings (SSSR count). The molecular formula is C6H6O6. The summed E-state index contributed by atoms with van der Waals surface area (Å²) in [5, 5.41) is 7.97. The Kier molecular flexibility index (Phi) is 4.13. The lowest BCUT2D eigenvalue weighted by Gasteiger charge is -2.00. The van der Waals surface area contributed by atoms with E-state index < -0.39 is 24.7 Å². The highest BCUT2D eigenvalue weighted by Crippen LogP contribution is 1.83. The van der Waals surface area contributed by atoms with E-state index in [1.54, 1.807) is 0 Å². The van der Waals surface area contributed by atoms with Crippen molar-refractivity contribution in [3.63, 3.8) is 0 Å². The fraction of sp³-hybridized carbons (Fsp3) is 0.167. The lowest BCUT2D eigenvalue weighted by Crippen LogP contribution is -2.18. The maximum atomic E-state index is 10.3. The zero-order valence-corrected chi connectivity index (χ0v) is 5.98. The lowest BCUT2D eigenvalue weighted by atomic mass is 10.7.